The van der Waals surface area contributed by atoms with Gasteiger partial charge in [0.1, 0.15) is 6.04 Å². The molecule has 0 saturated carbocycles. The number of carbonyl (C=O) groups excluding carboxylic acids is 2. The Balaban J connectivity index is 2.22. The van der Waals surface area contributed by atoms with Gasteiger partial charge < -0.3 is 10.2 Å². The van der Waals surface area contributed by atoms with E-state index in [1.807, 2.05) is 32.9 Å². The predicted octanol–water partition coefficient (Wildman–Crippen LogP) is 5.12. The summed E-state index contributed by atoms with van der Waals surface area (Å²) >= 11 is 12.4. The number of amides is 2. The molecule has 2 aromatic carbocycles. The Labute approximate surface area is 224 Å². The highest BCUT2D eigenvalue weighted by molar-refractivity contribution is 7.92. The molecule has 0 aliphatic carbocycles. The zero-order valence-corrected chi connectivity index (χ0v) is 23.5. The molecule has 2 amide bonds. The maximum Gasteiger partial charge on any atom is 0.242 e. The van der Waals surface area contributed by atoms with Crippen LogP contribution in [0.25, 0.3) is 0 Å². The van der Waals surface area contributed by atoms with Crippen molar-refractivity contribution in [3.05, 3.63) is 64.1 Å². The SMILES string of the molecule is CC[C@@H](C(=O)NCC(C)C)N(Cc1ccccc1Cl)C(=O)CCCN(c1cccc(Cl)c1)S(C)(=O)=O. The first-order valence-corrected chi connectivity index (χ1v) is 14.6. The van der Waals surface area contributed by atoms with E-state index < -0.39 is 16.1 Å². The molecule has 0 aromatic heterocycles. The Morgan fingerprint density at radius 2 is 1.75 bits per heavy atom. The van der Waals surface area contributed by atoms with Crippen LogP contribution in [0, 0.1) is 5.92 Å². The van der Waals surface area contributed by atoms with Crippen molar-refractivity contribution in [2.24, 2.45) is 5.92 Å². The minimum Gasteiger partial charge on any atom is -0.354 e. The average molecular weight is 557 g/mol. The van der Waals surface area contributed by atoms with E-state index in [0.29, 0.717) is 28.7 Å². The number of anilines is 1. The number of nitrogens with one attached hydrogen (secondary N) is 1. The zero-order chi connectivity index (χ0) is 26.9. The molecule has 10 heteroatoms. The van der Waals surface area contributed by atoms with E-state index in [2.05, 4.69) is 5.32 Å². The smallest absolute Gasteiger partial charge is 0.242 e. The molecule has 0 heterocycles. The van der Waals surface area contributed by atoms with Crippen LogP contribution in [0.1, 0.15) is 45.6 Å². The molecule has 0 saturated heterocycles. The van der Waals surface area contributed by atoms with Crippen molar-refractivity contribution in [1.82, 2.24) is 10.2 Å². The topological polar surface area (TPSA) is 86.8 Å². The third-order valence-electron chi connectivity index (χ3n) is 5.62. The van der Waals surface area contributed by atoms with Gasteiger partial charge in [-0.15, -0.1) is 0 Å². The number of halogens is 2. The fourth-order valence-electron chi connectivity index (χ4n) is 3.79. The van der Waals surface area contributed by atoms with Gasteiger partial charge in [0.2, 0.25) is 21.8 Å². The molecular weight excluding hydrogens is 521 g/mol. The number of hydrogen-bond donors (Lipinski definition) is 1. The second-order valence-electron chi connectivity index (χ2n) is 9.09. The highest BCUT2D eigenvalue weighted by Gasteiger charge is 2.29. The zero-order valence-electron chi connectivity index (χ0n) is 21.2. The van der Waals surface area contributed by atoms with Gasteiger partial charge in [-0.2, -0.15) is 0 Å². The summed E-state index contributed by atoms with van der Waals surface area (Å²) in [4.78, 5) is 28.0. The Morgan fingerprint density at radius 1 is 1.06 bits per heavy atom. The lowest BCUT2D eigenvalue weighted by atomic mass is 10.1. The molecule has 1 N–H and O–H groups in total. The summed E-state index contributed by atoms with van der Waals surface area (Å²) in [6, 6.07) is 13.1. The third kappa shape index (κ3) is 8.98. The Morgan fingerprint density at radius 3 is 2.33 bits per heavy atom. The van der Waals surface area contributed by atoms with Crippen LogP contribution in [-0.4, -0.2) is 50.5 Å². The molecule has 2 aromatic rings. The molecular formula is C26H35Cl2N3O4S. The van der Waals surface area contributed by atoms with Crippen LogP contribution in [0.15, 0.2) is 48.5 Å². The molecule has 1 atom stereocenters. The molecule has 0 aliphatic heterocycles. The standard InChI is InChI=1S/C26H35Cl2N3O4S/c1-5-24(26(33)29-17-19(2)3)30(18-20-10-6-7-13-23(20)28)25(32)14-9-15-31(36(4,34)35)22-12-8-11-21(27)16-22/h6-8,10-13,16,19,24H,5,9,14-15,17-18H2,1-4H3,(H,29,33)/t24-/m0/s1. The van der Waals surface area contributed by atoms with Crippen LogP contribution in [0.2, 0.25) is 10.0 Å². The molecule has 0 radical (unpaired) electrons. The van der Waals surface area contributed by atoms with Gasteiger partial charge in [0.25, 0.3) is 0 Å². The van der Waals surface area contributed by atoms with Crippen molar-refractivity contribution in [2.75, 3.05) is 23.7 Å². The highest BCUT2D eigenvalue weighted by Crippen LogP contribution is 2.24. The van der Waals surface area contributed by atoms with Crippen LogP contribution >= 0.6 is 23.2 Å². The molecule has 7 nitrogen and oxygen atoms in total. The number of carbonyl (C=O) groups is 2. The van der Waals surface area contributed by atoms with Gasteiger partial charge in [-0.3, -0.25) is 13.9 Å². The first kappa shape index (κ1) is 29.9. The van der Waals surface area contributed by atoms with Crippen molar-refractivity contribution in [3.63, 3.8) is 0 Å². The van der Waals surface area contributed by atoms with Crippen molar-refractivity contribution in [1.29, 1.82) is 0 Å². The number of hydrogen-bond acceptors (Lipinski definition) is 4. The van der Waals surface area contributed by atoms with E-state index in [4.69, 9.17) is 23.2 Å². The summed E-state index contributed by atoms with van der Waals surface area (Å²) in [5.41, 5.74) is 1.17. The summed E-state index contributed by atoms with van der Waals surface area (Å²) in [6.45, 7) is 6.64. The van der Waals surface area contributed by atoms with Crippen LogP contribution in [-0.2, 0) is 26.2 Å². The highest BCUT2D eigenvalue weighted by atomic mass is 35.5. The fraction of sp³-hybridized carbons (Fsp3) is 0.462. The van der Waals surface area contributed by atoms with E-state index in [1.165, 1.54) is 4.31 Å². The average Bonchev–Trinajstić information content (AvgIpc) is 2.80. The number of benzene rings is 2. The molecule has 36 heavy (non-hydrogen) atoms. The van der Waals surface area contributed by atoms with Gasteiger partial charge in [-0.05, 0) is 48.6 Å². The summed E-state index contributed by atoms with van der Waals surface area (Å²) in [7, 11) is -3.59. The van der Waals surface area contributed by atoms with E-state index in [-0.39, 0.29) is 43.7 Å². The van der Waals surface area contributed by atoms with Crippen LogP contribution in [0.4, 0.5) is 5.69 Å². The summed E-state index contributed by atoms with van der Waals surface area (Å²) in [5.74, 6) is -0.197. The third-order valence-corrected chi connectivity index (χ3v) is 7.42. The predicted molar refractivity (Wildman–Crippen MR) is 147 cm³/mol. The van der Waals surface area contributed by atoms with Crippen LogP contribution < -0.4 is 9.62 Å². The molecule has 0 bridgehead atoms. The maximum absolute atomic E-state index is 13.4. The Bertz CT molecular complexity index is 1140. The molecule has 198 valence electrons. The van der Waals surface area contributed by atoms with E-state index in [0.717, 1.165) is 11.8 Å². The van der Waals surface area contributed by atoms with Crippen LogP contribution in [0.3, 0.4) is 0 Å². The number of nitrogens with zero attached hydrogens (tertiary/aromatic N) is 2. The summed E-state index contributed by atoms with van der Waals surface area (Å²) in [5, 5.41) is 3.85. The van der Waals surface area contributed by atoms with Crippen molar-refractivity contribution >= 4 is 50.7 Å². The quantitative estimate of drug-likeness (QED) is 0.371. The van der Waals surface area contributed by atoms with Crippen molar-refractivity contribution in [2.45, 2.75) is 52.6 Å². The molecule has 2 rings (SSSR count). The minimum atomic E-state index is -3.59. The van der Waals surface area contributed by atoms with Gasteiger partial charge >= 0.3 is 0 Å². The van der Waals surface area contributed by atoms with Crippen molar-refractivity contribution in [3.8, 4) is 0 Å². The maximum atomic E-state index is 13.4. The summed E-state index contributed by atoms with van der Waals surface area (Å²) < 4.78 is 26.1. The first-order valence-electron chi connectivity index (χ1n) is 12.0. The van der Waals surface area contributed by atoms with Gasteiger partial charge in [0.15, 0.2) is 0 Å². The van der Waals surface area contributed by atoms with Gasteiger partial charge in [0.05, 0.1) is 11.9 Å². The Kier molecular flexibility index (Phi) is 11.5. The number of rotatable bonds is 13. The molecule has 0 fully saturated rings. The first-order chi connectivity index (χ1) is 16.9. The second-order valence-corrected chi connectivity index (χ2v) is 11.8. The minimum absolute atomic E-state index is 0.0605. The second kappa shape index (κ2) is 13.9. The lowest BCUT2D eigenvalue weighted by Gasteiger charge is -2.31. The number of sulfonamides is 1. The summed E-state index contributed by atoms with van der Waals surface area (Å²) in [6.07, 6.45) is 1.87. The molecule has 0 spiro atoms. The largest absolute Gasteiger partial charge is 0.354 e. The van der Waals surface area contributed by atoms with Crippen molar-refractivity contribution < 1.29 is 18.0 Å². The molecule has 0 unspecified atom stereocenters. The fourth-order valence-corrected chi connectivity index (χ4v) is 5.12. The van der Waals surface area contributed by atoms with E-state index in [1.54, 1.807) is 41.3 Å². The van der Waals surface area contributed by atoms with Gasteiger partial charge in [-0.25, -0.2) is 8.42 Å². The van der Waals surface area contributed by atoms with Gasteiger partial charge in [0, 0.05) is 36.1 Å². The monoisotopic (exact) mass is 555 g/mol. The molecule has 0 aliphatic rings. The lowest BCUT2D eigenvalue weighted by Crippen LogP contribution is -2.49. The van der Waals surface area contributed by atoms with E-state index >= 15 is 0 Å². The lowest BCUT2D eigenvalue weighted by molar-refractivity contribution is -0.141. The normalized spacial score (nSPS) is 12.3. The van der Waals surface area contributed by atoms with E-state index in [9.17, 15) is 18.0 Å². The van der Waals surface area contributed by atoms with Gasteiger partial charge in [-0.1, -0.05) is 68.2 Å². The van der Waals surface area contributed by atoms with Crippen LogP contribution in [0.5, 0.6) is 0 Å². The Hall–Kier alpha value is -2.29.